The van der Waals surface area contributed by atoms with E-state index in [9.17, 15) is 9.18 Å². The number of methoxy groups -OCH3 is 1. The van der Waals surface area contributed by atoms with Crippen LogP contribution in [0.5, 0.6) is 0 Å². The number of piperidine rings is 1. The summed E-state index contributed by atoms with van der Waals surface area (Å²) in [6.45, 7) is 3.07. The molecule has 1 aromatic rings. The first-order valence-electron chi connectivity index (χ1n) is 9.50. The van der Waals surface area contributed by atoms with Crippen LogP contribution in [0.25, 0.3) is 0 Å². The second-order valence-corrected chi connectivity index (χ2v) is 7.37. The van der Waals surface area contributed by atoms with Gasteiger partial charge in [-0.3, -0.25) is 4.79 Å². The number of anilines is 1. The second kappa shape index (κ2) is 8.99. The highest BCUT2D eigenvalue weighted by Crippen LogP contribution is 2.38. The van der Waals surface area contributed by atoms with Gasteiger partial charge in [0.15, 0.2) is 0 Å². The lowest BCUT2D eigenvalue weighted by atomic mass is 9.87. The Morgan fingerprint density at radius 1 is 1.30 bits per heavy atom. The quantitative estimate of drug-likeness (QED) is 0.678. The van der Waals surface area contributed by atoms with E-state index >= 15 is 0 Å². The normalized spacial score (nSPS) is 21.6. The Labute approximate surface area is 160 Å². The lowest BCUT2D eigenvalue weighted by Gasteiger charge is -2.39. The summed E-state index contributed by atoms with van der Waals surface area (Å²) in [4.78, 5) is 16.3. The first-order chi connectivity index (χ1) is 13.0. The summed E-state index contributed by atoms with van der Waals surface area (Å²) in [5, 5.41) is 0. The third-order valence-corrected chi connectivity index (χ3v) is 5.66. The van der Waals surface area contributed by atoms with Crippen LogP contribution in [0.1, 0.15) is 19.3 Å². The summed E-state index contributed by atoms with van der Waals surface area (Å²) in [6, 6.07) is 6.82. The molecule has 2 fully saturated rings. The second-order valence-electron chi connectivity index (χ2n) is 7.37. The van der Waals surface area contributed by atoms with Crippen LogP contribution < -0.4 is 4.90 Å². The van der Waals surface area contributed by atoms with E-state index in [1.165, 1.54) is 12.1 Å². The van der Waals surface area contributed by atoms with Gasteiger partial charge in [0.25, 0.3) is 0 Å². The van der Waals surface area contributed by atoms with Crippen LogP contribution in [-0.2, 0) is 19.0 Å². The zero-order chi connectivity index (χ0) is 19.3. The van der Waals surface area contributed by atoms with Crippen molar-refractivity contribution in [1.29, 1.82) is 0 Å². The fraction of sp³-hybridized carbons (Fsp3) is 0.650. The zero-order valence-corrected chi connectivity index (χ0v) is 16.2. The molecule has 2 saturated heterocycles. The fourth-order valence-electron chi connectivity index (χ4n) is 3.86. The molecule has 0 saturated carbocycles. The number of nitrogens with zero attached hydrogens (tertiary/aromatic N) is 2. The Bertz CT molecular complexity index is 617. The fourth-order valence-corrected chi connectivity index (χ4v) is 3.86. The van der Waals surface area contributed by atoms with Gasteiger partial charge in [0.1, 0.15) is 12.4 Å². The summed E-state index contributed by atoms with van der Waals surface area (Å²) in [7, 11) is 3.63. The molecule has 2 aliphatic heterocycles. The maximum absolute atomic E-state index is 13.1. The monoisotopic (exact) mass is 380 g/mol. The molecule has 1 spiro atoms. The molecule has 27 heavy (non-hydrogen) atoms. The maximum atomic E-state index is 13.1. The van der Waals surface area contributed by atoms with Gasteiger partial charge in [0.2, 0.25) is 5.91 Å². The minimum atomic E-state index is -0.227. The number of ether oxygens (including phenoxy) is 3. The van der Waals surface area contributed by atoms with Crippen molar-refractivity contribution in [3.8, 4) is 0 Å². The van der Waals surface area contributed by atoms with E-state index in [1.807, 2.05) is 11.9 Å². The van der Waals surface area contributed by atoms with Crippen LogP contribution in [0.2, 0.25) is 0 Å². The molecule has 0 radical (unpaired) electrons. The molecule has 150 valence electrons. The molecule has 1 unspecified atom stereocenters. The Morgan fingerprint density at radius 2 is 2.00 bits per heavy atom. The predicted octanol–water partition coefficient (Wildman–Crippen LogP) is 2.08. The van der Waals surface area contributed by atoms with Crippen molar-refractivity contribution in [3.63, 3.8) is 0 Å². The van der Waals surface area contributed by atoms with Crippen LogP contribution in [-0.4, -0.2) is 76.1 Å². The van der Waals surface area contributed by atoms with Crippen LogP contribution in [0.3, 0.4) is 0 Å². The standard InChI is InChI=1S/C20H29FN2O4/c1-22(17-5-3-16(21)4-6-17)18-13-20(27-14-18)7-9-23(10-8-20)19(24)15-26-12-11-25-2/h3-6,18H,7-15H2,1-2H3. The van der Waals surface area contributed by atoms with Crippen molar-refractivity contribution in [2.75, 3.05) is 58.6 Å². The number of carbonyl (C=O) groups excluding carboxylic acids is 1. The number of amides is 1. The molecular formula is C20H29FN2O4. The van der Waals surface area contributed by atoms with Crippen molar-refractivity contribution in [2.45, 2.75) is 30.9 Å². The summed E-state index contributed by atoms with van der Waals surface area (Å²) in [6.07, 6.45) is 2.60. The van der Waals surface area contributed by atoms with Crippen LogP contribution in [0.4, 0.5) is 10.1 Å². The maximum Gasteiger partial charge on any atom is 0.248 e. The van der Waals surface area contributed by atoms with Crippen molar-refractivity contribution in [3.05, 3.63) is 30.1 Å². The first kappa shape index (κ1) is 20.0. The molecular weight excluding hydrogens is 351 g/mol. The largest absolute Gasteiger partial charge is 0.382 e. The summed E-state index contributed by atoms with van der Waals surface area (Å²) in [5.41, 5.74) is 0.829. The van der Waals surface area contributed by atoms with E-state index in [-0.39, 0.29) is 30.0 Å². The van der Waals surface area contributed by atoms with Gasteiger partial charge in [-0.05, 0) is 43.5 Å². The zero-order valence-electron chi connectivity index (χ0n) is 16.2. The molecule has 2 aliphatic rings. The van der Waals surface area contributed by atoms with Crippen molar-refractivity contribution < 1.29 is 23.4 Å². The third-order valence-electron chi connectivity index (χ3n) is 5.66. The van der Waals surface area contributed by atoms with Gasteiger partial charge >= 0.3 is 0 Å². The van der Waals surface area contributed by atoms with Gasteiger partial charge in [0, 0.05) is 32.9 Å². The molecule has 0 aliphatic carbocycles. The number of likely N-dealkylation sites (tertiary alicyclic amines) is 1. The van der Waals surface area contributed by atoms with Gasteiger partial charge in [-0.25, -0.2) is 4.39 Å². The van der Waals surface area contributed by atoms with Crippen molar-refractivity contribution in [2.24, 2.45) is 0 Å². The average molecular weight is 380 g/mol. The van der Waals surface area contributed by atoms with Crippen LogP contribution in [0.15, 0.2) is 24.3 Å². The smallest absolute Gasteiger partial charge is 0.248 e. The van der Waals surface area contributed by atoms with Gasteiger partial charge in [0.05, 0.1) is 31.5 Å². The number of carbonyl (C=O) groups is 1. The molecule has 7 heteroatoms. The van der Waals surface area contributed by atoms with E-state index in [2.05, 4.69) is 4.90 Å². The van der Waals surface area contributed by atoms with Gasteiger partial charge in [-0.1, -0.05) is 0 Å². The highest BCUT2D eigenvalue weighted by atomic mass is 19.1. The third kappa shape index (κ3) is 4.97. The minimum absolute atomic E-state index is 0.0268. The van der Waals surface area contributed by atoms with Crippen molar-refractivity contribution >= 4 is 11.6 Å². The number of halogens is 1. The molecule has 3 rings (SSSR count). The van der Waals surface area contributed by atoms with E-state index in [0.717, 1.165) is 24.9 Å². The predicted molar refractivity (Wildman–Crippen MR) is 100 cm³/mol. The Balaban J connectivity index is 1.47. The molecule has 1 atom stereocenters. The number of benzene rings is 1. The molecule has 6 nitrogen and oxygen atoms in total. The number of likely N-dealkylation sites (N-methyl/N-ethyl adjacent to an activating group) is 1. The molecule has 0 aromatic heterocycles. The number of hydrogen-bond acceptors (Lipinski definition) is 5. The molecule has 1 amide bonds. The minimum Gasteiger partial charge on any atom is -0.382 e. The highest BCUT2D eigenvalue weighted by Gasteiger charge is 2.44. The van der Waals surface area contributed by atoms with Gasteiger partial charge in [-0.15, -0.1) is 0 Å². The van der Waals surface area contributed by atoms with E-state index in [0.29, 0.717) is 32.9 Å². The average Bonchev–Trinajstić information content (AvgIpc) is 3.09. The molecule has 2 heterocycles. The first-order valence-corrected chi connectivity index (χ1v) is 9.50. The lowest BCUT2D eigenvalue weighted by molar-refractivity contribution is -0.141. The summed E-state index contributed by atoms with van der Waals surface area (Å²) >= 11 is 0. The molecule has 0 bridgehead atoms. The van der Waals surface area contributed by atoms with Crippen LogP contribution >= 0.6 is 0 Å². The summed E-state index contributed by atoms with van der Waals surface area (Å²) in [5.74, 6) is -0.200. The lowest BCUT2D eigenvalue weighted by Crippen LogP contribution is -2.48. The van der Waals surface area contributed by atoms with Crippen LogP contribution in [0, 0.1) is 5.82 Å². The summed E-state index contributed by atoms with van der Waals surface area (Å²) < 4.78 is 29.6. The molecule has 1 aromatic carbocycles. The topological polar surface area (TPSA) is 51.2 Å². The van der Waals surface area contributed by atoms with E-state index in [1.54, 1.807) is 19.2 Å². The number of hydrogen-bond donors (Lipinski definition) is 0. The Morgan fingerprint density at radius 3 is 2.67 bits per heavy atom. The van der Waals surface area contributed by atoms with Gasteiger partial charge < -0.3 is 24.0 Å². The molecule has 0 N–H and O–H groups in total. The Kier molecular flexibility index (Phi) is 6.68. The SMILES string of the molecule is COCCOCC(=O)N1CCC2(CC1)CC(N(C)c1ccc(F)cc1)CO2. The highest BCUT2D eigenvalue weighted by molar-refractivity contribution is 5.77. The number of rotatable bonds is 7. The van der Waals surface area contributed by atoms with Gasteiger partial charge in [-0.2, -0.15) is 0 Å². The Hall–Kier alpha value is -1.70. The van der Waals surface area contributed by atoms with E-state index in [4.69, 9.17) is 14.2 Å². The van der Waals surface area contributed by atoms with Crippen molar-refractivity contribution in [1.82, 2.24) is 4.90 Å². The van der Waals surface area contributed by atoms with E-state index < -0.39 is 0 Å².